The zero-order valence-corrected chi connectivity index (χ0v) is 19.9. The Hall–Kier alpha value is -5.02. The largest absolute Gasteiger partial charge is 0.464 e. The number of hydrazine groups is 1. The summed E-state index contributed by atoms with van der Waals surface area (Å²) in [6, 6.07) is 12.1. The van der Waals surface area contributed by atoms with E-state index in [0.717, 1.165) is 7.11 Å². The second kappa shape index (κ2) is 11.6. The molecule has 0 aliphatic carbocycles. The Morgan fingerprint density at radius 2 is 1.78 bits per heavy atom. The number of H-pyrrole nitrogens is 1. The fraction of sp³-hybridized carbons (Fsp3) is 0.0909. The summed E-state index contributed by atoms with van der Waals surface area (Å²) < 4.78 is 4.72. The highest BCUT2D eigenvalue weighted by atomic mass is 32.1. The van der Waals surface area contributed by atoms with Gasteiger partial charge in [-0.25, -0.2) is 15.6 Å². The number of amides is 2. The van der Waals surface area contributed by atoms with Crippen molar-refractivity contribution < 1.29 is 23.9 Å². The molecule has 2 aromatic carbocycles. The first kappa shape index (κ1) is 26.6. The van der Waals surface area contributed by atoms with E-state index in [2.05, 4.69) is 31.2 Å². The number of aromatic amines is 1. The first-order chi connectivity index (χ1) is 17.7. The Morgan fingerprint density at radius 1 is 1.11 bits per heavy atom. The minimum atomic E-state index is -1.96. The third-order valence-electron chi connectivity index (χ3n) is 4.90. The number of rotatable bonds is 8. The van der Waals surface area contributed by atoms with Crippen LogP contribution >= 0.6 is 12.2 Å². The normalized spacial score (nSPS) is 11.8. The summed E-state index contributed by atoms with van der Waals surface area (Å²) in [4.78, 5) is 70.6. The molecule has 8 N–H and O–H groups in total. The molecule has 37 heavy (non-hydrogen) atoms. The van der Waals surface area contributed by atoms with E-state index in [1.165, 1.54) is 24.3 Å². The third-order valence-corrected chi connectivity index (χ3v) is 5.11. The van der Waals surface area contributed by atoms with Gasteiger partial charge in [-0.1, -0.05) is 24.3 Å². The van der Waals surface area contributed by atoms with Gasteiger partial charge in [-0.3, -0.25) is 30.0 Å². The molecule has 0 spiro atoms. The topological polar surface area (TPSA) is 224 Å². The lowest BCUT2D eigenvalue weighted by Gasteiger charge is -2.17. The highest BCUT2D eigenvalue weighted by Crippen LogP contribution is 2.20. The molecule has 0 aliphatic rings. The van der Waals surface area contributed by atoms with Crippen molar-refractivity contribution in [2.45, 2.75) is 5.92 Å². The average Bonchev–Trinajstić information content (AvgIpc) is 2.90. The number of para-hydroxylation sites is 3. The molecule has 190 valence electrons. The summed E-state index contributed by atoms with van der Waals surface area (Å²) in [6.45, 7) is 0. The van der Waals surface area contributed by atoms with Gasteiger partial charge in [-0.15, -0.1) is 0 Å². The van der Waals surface area contributed by atoms with Crippen molar-refractivity contribution in [3.05, 3.63) is 70.1 Å². The Bertz CT molecular complexity index is 1500. The zero-order chi connectivity index (χ0) is 27.1. The number of carbonyl (C=O) groups is 4. The molecule has 3 aromatic rings. The number of hydrogen-bond donors (Lipinski definition) is 6. The number of primary amides is 1. The predicted molar refractivity (Wildman–Crippen MR) is 136 cm³/mol. The van der Waals surface area contributed by atoms with Crippen molar-refractivity contribution >= 4 is 63.3 Å². The number of nitrogens with zero attached hydrogens (tertiary/aromatic N) is 2. The summed E-state index contributed by atoms with van der Waals surface area (Å²) in [5.41, 5.74) is 7.92. The minimum Gasteiger partial charge on any atom is -0.464 e. The molecule has 1 aromatic heterocycles. The van der Waals surface area contributed by atoms with Crippen LogP contribution in [0.3, 0.4) is 0 Å². The quantitative estimate of drug-likeness (QED) is 0.0533. The van der Waals surface area contributed by atoms with Crippen LogP contribution in [0, 0.1) is 0 Å². The molecule has 2 amide bonds. The van der Waals surface area contributed by atoms with E-state index in [-0.39, 0.29) is 21.9 Å². The van der Waals surface area contributed by atoms with E-state index in [1.54, 1.807) is 24.3 Å². The van der Waals surface area contributed by atoms with Crippen LogP contribution in [0.25, 0.3) is 11.0 Å². The SMILES string of the molecule is COC(=O)/C(=N\NC(=S)NN)[C@H](C(=O)C(=O)Nc1ccccc1C(N)=O)c1nc2ccccc2[nH]c1=O. The number of aromatic nitrogens is 2. The van der Waals surface area contributed by atoms with E-state index in [1.807, 2.05) is 0 Å². The highest BCUT2D eigenvalue weighted by molar-refractivity contribution is 7.80. The molecule has 14 nitrogen and oxygen atoms in total. The summed E-state index contributed by atoms with van der Waals surface area (Å²) in [7, 11) is 1.00. The van der Waals surface area contributed by atoms with Crippen LogP contribution in [0.4, 0.5) is 5.69 Å². The maximum absolute atomic E-state index is 13.5. The number of methoxy groups -OCH3 is 1. The molecule has 1 atom stereocenters. The molecule has 1 heterocycles. The minimum absolute atomic E-state index is 0.0735. The number of esters is 1. The lowest BCUT2D eigenvalue weighted by Crippen LogP contribution is -2.42. The Morgan fingerprint density at radius 3 is 2.46 bits per heavy atom. The van der Waals surface area contributed by atoms with Crippen molar-refractivity contribution in [3.63, 3.8) is 0 Å². The van der Waals surface area contributed by atoms with E-state index in [4.69, 9.17) is 28.5 Å². The van der Waals surface area contributed by atoms with Gasteiger partial charge in [0, 0.05) is 0 Å². The van der Waals surface area contributed by atoms with Crippen molar-refractivity contribution in [1.82, 2.24) is 20.8 Å². The Balaban J connectivity index is 2.17. The van der Waals surface area contributed by atoms with Crippen LogP contribution in [-0.4, -0.2) is 51.5 Å². The number of nitrogens with one attached hydrogen (secondary N) is 4. The van der Waals surface area contributed by atoms with Crippen molar-refractivity contribution in [2.75, 3.05) is 12.4 Å². The van der Waals surface area contributed by atoms with Gasteiger partial charge in [-0.2, -0.15) is 5.10 Å². The third kappa shape index (κ3) is 5.98. The van der Waals surface area contributed by atoms with Crippen LogP contribution in [0.15, 0.2) is 58.4 Å². The molecule has 0 unspecified atom stereocenters. The number of hydrazone groups is 1. The average molecular weight is 525 g/mol. The van der Waals surface area contributed by atoms with Gasteiger partial charge in [0.2, 0.25) is 10.9 Å². The first-order valence-electron chi connectivity index (χ1n) is 10.3. The summed E-state index contributed by atoms with van der Waals surface area (Å²) >= 11 is 4.83. The smallest absolute Gasteiger partial charge is 0.355 e. The highest BCUT2D eigenvalue weighted by Gasteiger charge is 2.39. The van der Waals surface area contributed by atoms with Crippen molar-refractivity contribution in [3.8, 4) is 0 Å². The Kier molecular flexibility index (Phi) is 8.34. The second-order valence-electron chi connectivity index (χ2n) is 7.20. The lowest BCUT2D eigenvalue weighted by molar-refractivity contribution is -0.136. The second-order valence-corrected chi connectivity index (χ2v) is 7.61. The van der Waals surface area contributed by atoms with Crippen LogP contribution in [0.5, 0.6) is 0 Å². The van der Waals surface area contributed by atoms with Crippen molar-refractivity contribution in [2.24, 2.45) is 16.7 Å². The maximum atomic E-state index is 13.5. The number of hydrogen-bond acceptors (Lipinski definition) is 10. The number of benzene rings is 2. The predicted octanol–water partition coefficient (Wildman–Crippen LogP) is -0.820. The van der Waals surface area contributed by atoms with Crippen LogP contribution in [0.2, 0.25) is 0 Å². The number of nitrogens with two attached hydrogens (primary N) is 2. The molecule has 15 heteroatoms. The van der Waals surface area contributed by atoms with Gasteiger partial charge < -0.3 is 20.8 Å². The van der Waals surface area contributed by atoms with Gasteiger partial charge in [0.15, 0.2) is 5.71 Å². The van der Waals surface area contributed by atoms with E-state index in [9.17, 15) is 24.0 Å². The van der Waals surface area contributed by atoms with Gasteiger partial charge in [0.05, 0.1) is 29.4 Å². The standard InChI is InChI=1S/C22H20N8O6S/c1-36-21(35)16(29-30-22(37)28-24)14(15-19(33)27-13-9-5-4-8-12(13)25-15)17(31)20(34)26-11-7-3-2-6-10(11)18(23)32/h2-9,14H,24H2,1H3,(H2,23,32)(H,26,34)(H,27,33)(H2,28,30,37)/b29-16-/t14-/m1/s1. The molecule has 0 saturated heterocycles. The summed E-state index contributed by atoms with van der Waals surface area (Å²) in [5, 5.41) is 5.77. The number of ketones is 1. The molecule has 3 rings (SSSR count). The molecule has 0 saturated carbocycles. The fourth-order valence-electron chi connectivity index (χ4n) is 3.22. The number of thiocarbonyl (C=S) groups is 1. The molecule has 0 radical (unpaired) electrons. The lowest BCUT2D eigenvalue weighted by atomic mass is 9.93. The van der Waals surface area contributed by atoms with Crippen molar-refractivity contribution in [1.29, 1.82) is 0 Å². The summed E-state index contributed by atoms with van der Waals surface area (Å²) in [5.74, 6) is -1.44. The van der Waals surface area contributed by atoms with E-state index < -0.39 is 46.4 Å². The molecular weight excluding hydrogens is 504 g/mol. The van der Waals surface area contributed by atoms with Gasteiger partial charge >= 0.3 is 5.97 Å². The summed E-state index contributed by atoms with van der Waals surface area (Å²) in [6.07, 6.45) is 0. The molecule has 0 aliphatic heterocycles. The van der Waals surface area contributed by atoms with Crippen LogP contribution in [0.1, 0.15) is 22.0 Å². The van der Waals surface area contributed by atoms with Gasteiger partial charge in [-0.05, 0) is 36.5 Å². The molecule has 0 fully saturated rings. The zero-order valence-electron chi connectivity index (χ0n) is 19.1. The molecular formula is C22H20N8O6S. The maximum Gasteiger partial charge on any atom is 0.355 e. The van der Waals surface area contributed by atoms with Crippen LogP contribution in [-0.2, 0) is 19.1 Å². The van der Waals surface area contributed by atoms with Gasteiger partial charge in [0.1, 0.15) is 11.6 Å². The number of ether oxygens (including phenoxy) is 1. The van der Waals surface area contributed by atoms with Crippen LogP contribution < -0.4 is 33.3 Å². The number of fused-ring (bicyclic) bond motifs is 1. The van der Waals surface area contributed by atoms with E-state index >= 15 is 0 Å². The molecule has 0 bridgehead atoms. The fourth-order valence-corrected chi connectivity index (χ4v) is 3.26. The number of Topliss-reactive ketones (excluding diaryl/α,β-unsaturated/α-hetero) is 1. The van der Waals surface area contributed by atoms with Gasteiger partial charge in [0.25, 0.3) is 17.4 Å². The number of anilines is 1. The number of carbonyl (C=O) groups excluding carboxylic acids is 4. The first-order valence-corrected chi connectivity index (χ1v) is 10.7. The van der Waals surface area contributed by atoms with E-state index in [0.29, 0.717) is 5.52 Å². The Labute approximate surface area is 213 Å². The monoisotopic (exact) mass is 524 g/mol.